The summed E-state index contributed by atoms with van der Waals surface area (Å²) in [6.45, 7) is 6.71. The van der Waals surface area contributed by atoms with Crippen molar-refractivity contribution in [1.82, 2.24) is 4.90 Å². The van der Waals surface area contributed by atoms with Crippen LogP contribution in [-0.2, 0) is 14.3 Å². The number of nitrogens with zero attached hydrogens (tertiary/aromatic N) is 1. The van der Waals surface area contributed by atoms with Gasteiger partial charge >= 0.3 is 0 Å². The van der Waals surface area contributed by atoms with Gasteiger partial charge in [-0.05, 0) is 38.5 Å². The van der Waals surface area contributed by atoms with Crippen molar-refractivity contribution in [2.75, 3.05) is 25.1 Å². The van der Waals surface area contributed by atoms with Crippen molar-refractivity contribution in [3.63, 3.8) is 0 Å². The van der Waals surface area contributed by atoms with Gasteiger partial charge in [0.15, 0.2) is 0 Å². The number of para-hydroxylation sites is 2. The molecule has 0 aliphatic carbocycles. The number of rotatable bonds is 9. The van der Waals surface area contributed by atoms with Crippen LogP contribution in [0.5, 0.6) is 5.75 Å². The maximum atomic E-state index is 13.1. The van der Waals surface area contributed by atoms with Gasteiger partial charge in [-0.2, -0.15) is 0 Å². The minimum absolute atomic E-state index is 0.0278. The number of carbonyl (C=O) groups excluding carboxylic acids is 2. The Morgan fingerprint density at radius 1 is 0.966 bits per heavy atom. The lowest BCUT2D eigenvalue weighted by atomic mass is 10.0. The molecule has 2 aromatic carbocycles. The second-order valence-corrected chi connectivity index (χ2v) is 6.85. The number of hydrogen-bond donors (Lipinski definition) is 1. The van der Waals surface area contributed by atoms with Crippen LogP contribution in [-0.4, -0.2) is 42.6 Å². The van der Waals surface area contributed by atoms with Crippen molar-refractivity contribution in [2.24, 2.45) is 0 Å². The second kappa shape index (κ2) is 9.39. The average Bonchev–Trinajstić information content (AvgIpc) is 2.94. The molecule has 3 rings (SSSR count). The fourth-order valence-electron chi connectivity index (χ4n) is 3.13. The summed E-state index contributed by atoms with van der Waals surface area (Å²) in [5.74, 6) is -0.0748. The van der Waals surface area contributed by atoms with Crippen molar-refractivity contribution >= 4 is 23.1 Å². The van der Waals surface area contributed by atoms with Gasteiger partial charge in [0.05, 0.1) is 37.1 Å². The molecule has 0 saturated carbocycles. The molecule has 1 heterocycles. The third-order valence-corrected chi connectivity index (χ3v) is 4.44. The highest BCUT2D eigenvalue weighted by Gasteiger charge is 2.39. The number of anilines is 1. The van der Waals surface area contributed by atoms with Gasteiger partial charge in [-0.3, -0.25) is 14.5 Å². The van der Waals surface area contributed by atoms with Gasteiger partial charge in [0.1, 0.15) is 11.4 Å². The number of hydrogen-bond acceptors (Lipinski definition) is 5. The Bertz CT molecular complexity index is 906. The van der Waals surface area contributed by atoms with Crippen LogP contribution in [0.25, 0.3) is 5.57 Å². The molecule has 0 aromatic heterocycles. The van der Waals surface area contributed by atoms with Crippen LogP contribution in [0.4, 0.5) is 5.69 Å². The van der Waals surface area contributed by atoms with Gasteiger partial charge in [-0.15, -0.1) is 0 Å². The average molecular weight is 394 g/mol. The lowest BCUT2D eigenvalue weighted by Crippen LogP contribution is -2.35. The van der Waals surface area contributed by atoms with E-state index in [1.165, 1.54) is 4.90 Å². The third-order valence-electron chi connectivity index (χ3n) is 4.44. The van der Waals surface area contributed by atoms with E-state index in [0.29, 0.717) is 35.8 Å². The van der Waals surface area contributed by atoms with E-state index in [4.69, 9.17) is 9.47 Å². The lowest BCUT2D eigenvalue weighted by Gasteiger charge is -2.17. The van der Waals surface area contributed by atoms with Crippen molar-refractivity contribution in [3.8, 4) is 5.75 Å². The highest BCUT2D eigenvalue weighted by molar-refractivity contribution is 6.36. The molecule has 0 bridgehead atoms. The molecule has 6 nitrogen and oxygen atoms in total. The Labute approximate surface area is 171 Å². The molecule has 6 heteroatoms. The lowest BCUT2D eigenvalue weighted by molar-refractivity contribution is -0.137. The topological polar surface area (TPSA) is 67.9 Å². The molecule has 0 unspecified atom stereocenters. The molecule has 1 aliphatic heterocycles. The number of imide groups is 1. The largest absolute Gasteiger partial charge is 0.492 e. The molecule has 0 spiro atoms. The first-order valence-corrected chi connectivity index (χ1v) is 9.79. The van der Waals surface area contributed by atoms with Crippen LogP contribution in [0.15, 0.2) is 60.3 Å². The first-order valence-electron chi connectivity index (χ1n) is 9.79. The Hall–Kier alpha value is -3.12. The van der Waals surface area contributed by atoms with Gasteiger partial charge in [-0.25, -0.2) is 0 Å². The fraction of sp³-hybridized carbons (Fsp3) is 0.304. The van der Waals surface area contributed by atoms with Gasteiger partial charge in [0, 0.05) is 0 Å². The number of nitrogens with one attached hydrogen (secondary N) is 1. The van der Waals surface area contributed by atoms with Gasteiger partial charge in [-0.1, -0.05) is 42.5 Å². The smallest absolute Gasteiger partial charge is 0.278 e. The van der Waals surface area contributed by atoms with Crippen molar-refractivity contribution < 1.29 is 19.1 Å². The summed E-state index contributed by atoms with van der Waals surface area (Å²) in [6.07, 6.45) is 0.0278. The first-order chi connectivity index (χ1) is 14.0. The summed E-state index contributed by atoms with van der Waals surface area (Å²) in [4.78, 5) is 27.5. The predicted molar refractivity (Wildman–Crippen MR) is 112 cm³/mol. The minimum atomic E-state index is -0.368. The zero-order valence-electron chi connectivity index (χ0n) is 17.0. The standard InChI is InChI=1S/C23H26N2O4/c1-4-28-19-13-9-8-12-18(19)24-21-20(17-10-6-5-7-11-17)22(26)25(23(21)27)14-15-29-16(2)3/h5-13,16,24H,4,14-15H2,1-3H3. The molecular weight excluding hydrogens is 368 g/mol. The molecule has 0 saturated heterocycles. The van der Waals surface area contributed by atoms with Crippen molar-refractivity contribution in [3.05, 3.63) is 65.9 Å². The molecule has 0 radical (unpaired) electrons. The normalized spacial score (nSPS) is 14.1. The van der Waals surface area contributed by atoms with Gasteiger partial charge in [0.2, 0.25) is 0 Å². The van der Waals surface area contributed by atoms with E-state index in [1.54, 1.807) is 0 Å². The minimum Gasteiger partial charge on any atom is -0.492 e. The Morgan fingerprint density at radius 2 is 1.66 bits per heavy atom. The van der Waals surface area contributed by atoms with Crippen molar-refractivity contribution in [1.29, 1.82) is 0 Å². The molecule has 2 amide bonds. The number of amides is 2. The van der Waals surface area contributed by atoms with Crippen LogP contribution in [0.3, 0.4) is 0 Å². The Balaban J connectivity index is 1.96. The van der Waals surface area contributed by atoms with E-state index in [0.717, 1.165) is 0 Å². The molecule has 0 fully saturated rings. The zero-order valence-corrected chi connectivity index (χ0v) is 17.0. The van der Waals surface area contributed by atoms with E-state index in [1.807, 2.05) is 75.4 Å². The summed E-state index contributed by atoms with van der Waals surface area (Å²) in [5.41, 5.74) is 1.93. The summed E-state index contributed by atoms with van der Waals surface area (Å²) in [7, 11) is 0. The first kappa shape index (κ1) is 20.6. The van der Waals surface area contributed by atoms with Crippen molar-refractivity contribution in [2.45, 2.75) is 26.9 Å². The van der Waals surface area contributed by atoms with Crippen LogP contribution in [0, 0.1) is 0 Å². The fourth-order valence-corrected chi connectivity index (χ4v) is 3.13. The predicted octanol–water partition coefficient (Wildman–Crippen LogP) is 3.70. The Morgan fingerprint density at radius 3 is 2.34 bits per heavy atom. The zero-order chi connectivity index (χ0) is 20.8. The van der Waals surface area contributed by atoms with E-state index in [9.17, 15) is 9.59 Å². The molecule has 29 heavy (non-hydrogen) atoms. The highest BCUT2D eigenvalue weighted by Crippen LogP contribution is 2.33. The van der Waals surface area contributed by atoms with Crippen LogP contribution in [0.1, 0.15) is 26.3 Å². The molecule has 2 aromatic rings. The molecule has 0 atom stereocenters. The number of ether oxygens (including phenoxy) is 2. The molecular formula is C23H26N2O4. The summed E-state index contributed by atoms with van der Waals surface area (Å²) in [5, 5.41) is 3.15. The quantitative estimate of drug-likeness (QED) is 0.657. The molecule has 1 N–H and O–H groups in total. The van der Waals surface area contributed by atoms with Crippen LogP contribution < -0.4 is 10.1 Å². The van der Waals surface area contributed by atoms with E-state index >= 15 is 0 Å². The van der Waals surface area contributed by atoms with Crippen LogP contribution >= 0.6 is 0 Å². The maximum absolute atomic E-state index is 13.1. The third kappa shape index (κ3) is 4.66. The maximum Gasteiger partial charge on any atom is 0.278 e. The number of benzene rings is 2. The van der Waals surface area contributed by atoms with E-state index < -0.39 is 0 Å². The van der Waals surface area contributed by atoms with Gasteiger partial charge in [0.25, 0.3) is 11.8 Å². The second-order valence-electron chi connectivity index (χ2n) is 6.85. The SMILES string of the molecule is CCOc1ccccc1NC1=C(c2ccccc2)C(=O)N(CCOC(C)C)C1=O. The van der Waals surface area contributed by atoms with Gasteiger partial charge < -0.3 is 14.8 Å². The summed E-state index contributed by atoms with van der Waals surface area (Å²) in [6, 6.07) is 16.6. The van der Waals surface area contributed by atoms with E-state index in [2.05, 4.69) is 5.32 Å². The Kier molecular flexibility index (Phi) is 6.67. The monoisotopic (exact) mass is 394 g/mol. The van der Waals surface area contributed by atoms with E-state index in [-0.39, 0.29) is 30.2 Å². The van der Waals surface area contributed by atoms with Crippen LogP contribution in [0.2, 0.25) is 0 Å². The number of carbonyl (C=O) groups is 2. The molecule has 152 valence electrons. The summed E-state index contributed by atoms with van der Waals surface area (Å²) < 4.78 is 11.2. The highest BCUT2D eigenvalue weighted by atomic mass is 16.5. The molecule has 1 aliphatic rings. The summed E-state index contributed by atoms with van der Waals surface area (Å²) >= 11 is 0.